The summed E-state index contributed by atoms with van der Waals surface area (Å²) in [5.74, 6) is -16.7. The number of nitrogens with one attached hydrogen (secondary N) is 4. The molecule has 6 atom stereocenters. The number of hydrogen-bond acceptors (Lipinski definition) is 15. The molecule has 0 saturated heterocycles. The lowest BCUT2D eigenvalue weighted by molar-refractivity contribution is -0.438. The predicted octanol–water partition coefficient (Wildman–Crippen LogP) is 6.72. The number of rotatable bonds is 45. The van der Waals surface area contributed by atoms with Crippen LogP contribution in [0, 0.1) is 24.7 Å². The smallest absolute Gasteiger partial charge is 0.303 e. The van der Waals surface area contributed by atoms with Crippen LogP contribution in [0.4, 0.5) is 11.4 Å². The Morgan fingerprint density at radius 3 is 1.60 bits per heavy atom. The molecule has 0 spiro atoms. The van der Waals surface area contributed by atoms with E-state index in [-0.39, 0.29) is 54.9 Å². The Balaban J connectivity index is 1.37. The number of nitrogens with zero attached hydrogens (tertiary/aromatic N) is 2. The Hall–Kier alpha value is -8.92. The zero-order chi connectivity index (χ0) is 72.5. The molecule has 0 unspecified atom stereocenters. The van der Waals surface area contributed by atoms with Crippen molar-refractivity contribution in [3.05, 3.63) is 89.2 Å². The number of fused-ring (bicyclic) bond motifs is 2. The molecule has 2 heterocycles. The lowest BCUT2D eigenvalue weighted by atomic mass is 9.81. The maximum atomic E-state index is 14.0. The fourth-order valence-electron chi connectivity index (χ4n) is 12.2. The van der Waals surface area contributed by atoms with Crippen LogP contribution in [0.1, 0.15) is 187 Å². The van der Waals surface area contributed by atoms with Gasteiger partial charge in [0.1, 0.15) is 12.6 Å². The number of primary amides is 1. The number of ketones is 2. The third-order valence-corrected chi connectivity index (χ3v) is 18.6. The normalized spacial score (nSPS) is 16.2. The van der Waals surface area contributed by atoms with Gasteiger partial charge in [0.2, 0.25) is 35.2 Å². The molecule has 28 heteroatoms. The highest BCUT2D eigenvalue weighted by atomic mass is 32.2. The Labute approximate surface area is 565 Å². The predicted molar refractivity (Wildman–Crippen MR) is 357 cm³/mol. The third-order valence-electron chi connectivity index (χ3n) is 17.8. The molecule has 0 bridgehead atoms. The van der Waals surface area contributed by atoms with Crippen molar-refractivity contribution in [1.29, 1.82) is 0 Å². The molecule has 0 fully saturated rings. The number of hydrogen-bond donors (Lipinski definition) is 11. The summed E-state index contributed by atoms with van der Waals surface area (Å²) in [5.41, 5.74) is 12.0. The first-order valence-electron chi connectivity index (χ1n) is 32.9. The van der Waals surface area contributed by atoms with Gasteiger partial charge in [0, 0.05) is 123 Å². The monoisotopic (exact) mass is 1370 g/mol. The molecular formula is C69H96N7O20S+. The maximum absolute atomic E-state index is 14.0. The first kappa shape index (κ1) is 80.5. The SMILES string of the molecule is CC[C@H](CCC(=O)O)C(=O)N[C@H](CCC(=O)O)C(=O)C[C@H](CCC(=O)O)C(=O)N[C@H](CCC(=O)O)C(=O)C[C@H](CCC(=O)O)C(=O)N[C@H](CCCCNC(=O)CCCCC[N+]1=C(C=CC=CC=C2N(CC)c3ccc(C)cc3C2(C)C)C(C)(C)c2cc(S(=O)(=O)O)ccc21)C(N)=O. The van der Waals surface area contributed by atoms with E-state index in [1.807, 2.05) is 38.2 Å². The molecule has 0 aromatic heterocycles. The number of aryl methyl sites for hydroxylation is 1. The zero-order valence-electron chi connectivity index (χ0n) is 56.4. The third kappa shape index (κ3) is 24.6. The van der Waals surface area contributed by atoms with Crippen LogP contribution in [0.5, 0.6) is 0 Å². The molecule has 0 aliphatic carbocycles. The minimum Gasteiger partial charge on any atom is -0.481 e. The molecule has 97 heavy (non-hydrogen) atoms. The number of carbonyl (C=O) groups excluding carboxylic acids is 7. The highest BCUT2D eigenvalue weighted by molar-refractivity contribution is 7.85. The molecule has 2 aromatic carbocycles. The number of aliphatic carboxylic acids is 5. The van der Waals surface area contributed by atoms with E-state index in [4.69, 9.17) is 10.8 Å². The second-order valence-electron chi connectivity index (χ2n) is 25.7. The van der Waals surface area contributed by atoms with E-state index in [1.54, 1.807) is 13.0 Å². The van der Waals surface area contributed by atoms with E-state index in [2.05, 4.69) is 82.7 Å². The maximum Gasteiger partial charge on any atom is 0.303 e. The van der Waals surface area contributed by atoms with Gasteiger partial charge in [0.15, 0.2) is 17.3 Å². The Morgan fingerprint density at radius 2 is 1.09 bits per heavy atom. The summed E-state index contributed by atoms with van der Waals surface area (Å²) in [6, 6.07) is 6.49. The quantitative estimate of drug-likeness (QED) is 0.0142. The van der Waals surface area contributed by atoms with Crippen molar-refractivity contribution in [2.45, 2.75) is 211 Å². The lowest BCUT2D eigenvalue weighted by Gasteiger charge is -2.25. The van der Waals surface area contributed by atoms with Gasteiger partial charge in [-0.3, -0.25) is 62.1 Å². The molecule has 4 rings (SSSR count). The highest BCUT2D eigenvalue weighted by Crippen LogP contribution is 2.48. The van der Waals surface area contributed by atoms with Crippen molar-refractivity contribution >= 4 is 98.2 Å². The van der Waals surface area contributed by atoms with E-state index in [0.717, 1.165) is 23.5 Å². The molecule has 2 aliphatic heterocycles. The summed E-state index contributed by atoms with van der Waals surface area (Å²) in [5, 5.41) is 57.2. The summed E-state index contributed by atoms with van der Waals surface area (Å²) in [7, 11) is -4.49. The highest BCUT2D eigenvalue weighted by Gasteiger charge is 2.45. The summed E-state index contributed by atoms with van der Waals surface area (Å²) in [6.45, 7) is 15.7. The second-order valence-corrected chi connectivity index (χ2v) is 27.2. The number of carboxylic acids is 5. The first-order chi connectivity index (χ1) is 45.5. The van der Waals surface area contributed by atoms with E-state index in [1.165, 1.54) is 34.6 Å². The van der Waals surface area contributed by atoms with E-state index < -0.39 is 187 Å². The Bertz CT molecular complexity index is 3500. The number of unbranched alkanes of at least 4 members (excludes halogenated alkanes) is 3. The summed E-state index contributed by atoms with van der Waals surface area (Å²) >= 11 is 0. The number of likely N-dealkylation sites (N-methyl/N-ethyl adjacent to an activating group) is 1. The van der Waals surface area contributed by atoms with E-state index >= 15 is 0 Å². The van der Waals surface area contributed by atoms with Gasteiger partial charge in [0.25, 0.3) is 10.1 Å². The van der Waals surface area contributed by atoms with Crippen LogP contribution < -0.4 is 31.9 Å². The van der Waals surface area contributed by atoms with Crippen molar-refractivity contribution in [3.8, 4) is 0 Å². The minimum absolute atomic E-state index is 0.0455. The van der Waals surface area contributed by atoms with Gasteiger partial charge < -0.3 is 57.4 Å². The van der Waals surface area contributed by atoms with Crippen LogP contribution in [0.3, 0.4) is 0 Å². The number of Topliss-reactive ketones (excluding diaryl/α,β-unsaturated/α-hetero) is 2. The molecule has 12 N–H and O–H groups in total. The fraction of sp³-hybridized carbons (Fsp3) is 0.551. The Kier molecular flexibility index (Phi) is 31.2. The van der Waals surface area contributed by atoms with Crippen LogP contribution in [0.25, 0.3) is 0 Å². The molecule has 5 amide bonds. The topological polar surface area (TPSA) is 441 Å². The standard InChI is InChI=1S/C69H95N7O20S/c1-8-43(23-31-59(80)81)65(91)72-49(27-34-62(86)87)54(77)39-44(24-32-60(82)83)66(92)73-50(28-35-63(88)89)55(78)40-45(25-33-61(84)85)67(93)74-51(64(70)90)18-15-16-36-71-58(79)21-14-11-17-37-76-53-30-26-46(97(94,95)96)41-48(53)69(6,7)57(76)20-13-10-12-19-56-68(4,5)47-38-42(3)22-29-52(47)75(56)9-2/h10,12-13,19-20,22,26,29-30,38,41,43-45,49-51H,8-9,11,14-18,21,23-25,27-28,31-37,39-40H2,1-7H3,(H11-,70,71,72,73,74,79,80,81,82,83,84,85,86,87,88,89,90,91,92,93,94,95,96)/p+1/t43-,44+,45+,49-,50-,51-/m1/s1. The molecule has 0 radical (unpaired) electrons. The van der Waals surface area contributed by atoms with Crippen molar-refractivity contribution in [2.75, 3.05) is 24.5 Å². The van der Waals surface area contributed by atoms with Gasteiger partial charge in [-0.2, -0.15) is 13.0 Å². The lowest BCUT2D eigenvalue weighted by Crippen LogP contribution is -2.49. The van der Waals surface area contributed by atoms with Crippen molar-refractivity contribution in [2.24, 2.45) is 23.5 Å². The first-order valence-corrected chi connectivity index (χ1v) is 34.3. The molecule has 2 aliphatic rings. The fourth-order valence-corrected chi connectivity index (χ4v) is 12.7. The number of nitrogens with two attached hydrogens (primary N) is 1. The summed E-state index contributed by atoms with van der Waals surface area (Å²) in [4.78, 5) is 155. The van der Waals surface area contributed by atoms with Gasteiger partial charge >= 0.3 is 29.8 Å². The van der Waals surface area contributed by atoms with Crippen LogP contribution in [0.15, 0.2) is 77.4 Å². The number of anilines is 1. The van der Waals surface area contributed by atoms with Crippen LogP contribution >= 0.6 is 0 Å². The van der Waals surface area contributed by atoms with Crippen LogP contribution in [-0.2, 0) is 78.5 Å². The molecular weight excluding hydrogens is 1280 g/mol. The molecule has 27 nitrogen and oxygen atoms in total. The number of carbonyl (C=O) groups is 12. The largest absolute Gasteiger partial charge is 0.481 e. The number of amides is 5. The average Bonchev–Trinajstić information content (AvgIpc) is 1.60. The van der Waals surface area contributed by atoms with Gasteiger partial charge in [0.05, 0.1) is 22.4 Å². The number of benzene rings is 2. The van der Waals surface area contributed by atoms with Crippen molar-refractivity contribution in [1.82, 2.24) is 21.3 Å². The molecule has 0 saturated carbocycles. The molecule has 2 aromatic rings. The summed E-state index contributed by atoms with van der Waals surface area (Å²) in [6.07, 6.45) is 5.79. The average molecular weight is 1380 g/mol. The second kappa shape index (κ2) is 37.6. The zero-order valence-corrected chi connectivity index (χ0v) is 57.2. The van der Waals surface area contributed by atoms with Gasteiger partial charge in [-0.15, -0.1) is 0 Å². The summed E-state index contributed by atoms with van der Waals surface area (Å²) < 4.78 is 36.6. The van der Waals surface area contributed by atoms with Crippen LogP contribution in [0.2, 0.25) is 0 Å². The van der Waals surface area contributed by atoms with Gasteiger partial charge in [-0.05, 0) is 128 Å². The van der Waals surface area contributed by atoms with Crippen molar-refractivity contribution in [3.63, 3.8) is 0 Å². The number of carboxylic acid groups (broad SMARTS) is 5. The van der Waals surface area contributed by atoms with E-state index in [0.29, 0.717) is 32.2 Å². The minimum atomic E-state index is -4.49. The Morgan fingerprint density at radius 1 is 0.577 bits per heavy atom. The van der Waals surface area contributed by atoms with Gasteiger partial charge in [-0.1, -0.05) is 56.7 Å². The number of allylic oxidation sites excluding steroid dienone is 6. The van der Waals surface area contributed by atoms with Crippen LogP contribution in [-0.4, -0.2) is 157 Å². The van der Waals surface area contributed by atoms with E-state index in [9.17, 15) is 90.9 Å². The van der Waals surface area contributed by atoms with Gasteiger partial charge in [-0.25, -0.2) is 0 Å². The van der Waals surface area contributed by atoms with Crippen molar-refractivity contribution < 1.29 is 101 Å². The molecule has 532 valence electrons.